The van der Waals surface area contributed by atoms with Gasteiger partial charge in [-0.15, -0.1) is 0 Å². The Morgan fingerprint density at radius 1 is 1.15 bits per heavy atom. The van der Waals surface area contributed by atoms with E-state index in [2.05, 4.69) is 38.4 Å². The van der Waals surface area contributed by atoms with Gasteiger partial charge in [0, 0.05) is 21.3 Å². The average Bonchev–Trinajstić information content (AvgIpc) is 2.78. The molecule has 0 saturated carbocycles. The standard InChI is InChI=1S/C23H19Cl2FIN3O3/c1-32-21-9-14(11-29-30-22(31)12-28-18-6-4-17(26)5-7-18)8-20(27)23(21)33-13-15-2-3-16(24)10-19(15)25/h2-11,28H,12-13H2,1H3,(H,30,31)/b29-11-. The molecule has 0 bridgehead atoms. The fraction of sp³-hybridized carbons (Fsp3) is 0.130. The van der Waals surface area contributed by atoms with E-state index in [-0.39, 0.29) is 24.9 Å². The lowest BCUT2D eigenvalue weighted by Crippen LogP contribution is -2.25. The number of rotatable bonds is 9. The van der Waals surface area contributed by atoms with Crippen LogP contribution in [0.3, 0.4) is 0 Å². The molecule has 0 aliphatic rings. The number of ether oxygens (including phenoxy) is 2. The Kier molecular flexibility index (Phi) is 9.16. The number of nitrogens with one attached hydrogen (secondary N) is 2. The minimum Gasteiger partial charge on any atom is -0.493 e. The summed E-state index contributed by atoms with van der Waals surface area (Å²) >= 11 is 14.3. The molecule has 3 aromatic rings. The maximum atomic E-state index is 12.9. The molecule has 0 fully saturated rings. The number of halogens is 4. The summed E-state index contributed by atoms with van der Waals surface area (Å²) in [5.41, 5.74) is 4.57. The van der Waals surface area contributed by atoms with E-state index in [9.17, 15) is 9.18 Å². The van der Waals surface area contributed by atoms with Gasteiger partial charge < -0.3 is 14.8 Å². The lowest BCUT2D eigenvalue weighted by atomic mass is 10.2. The largest absolute Gasteiger partial charge is 0.493 e. The van der Waals surface area contributed by atoms with Crippen molar-refractivity contribution in [2.24, 2.45) is 5.10 Å². The minimum atomic E-state index is -0.350. The first kappa shape index (κ1) is 25.1. The molecule has 2 N–H and O–H groups in total. The van der Waals surface area contributed by atoms with Crippen LogP contribution in [0.15, 0.2) is 59.7 Å². The van der Waals surface area contributed by atoms with Crippen molar-refractivity contribution >= 4 is 63.6 Å². The third kappa shape index (κ3) is 7.48. The fourth-order valence-electron chi connectivity index (χ4n) is 2.71. The lowest BCUT2D eigenvalue weighted by Gasteiger charge is -2.14. The first-order valence-electron chi connectivity index (χ1n) is 9.61. The van der Waals surface area contributed by atoms with E-state index < -0.39 is 0 Å². The Morgan fingerprint density at radius 2 is 1.91 bits per heavy atom. The van der Waals surface area contributed by atoms with Gasteiger partial charge in [0.2, 0.25) is 0 Å². The van der Waals surface area contributed by atoms with Crippen LogP contribution in [0.1, 0.15) is 11.1 Å². The number of amides is 1. The number of benzene rings is 3. The summed E-state index contributed by atoms with van der Waals surface area (Å²) in [5.74, 6) is 0.383. The van der Waals surface area contributed by atoms with Crippen LogP contribution in [0.2, 0.25) is 10.0 Å². The van der Waals surface area contributed by atoms with Crippen molar-refractivity contribution in [3.63, 3.8) is 0 Å². The Labute approximate surface area is 214 Å². The molecule has 0 atom stereocenters. The highest BCUT2D eigenvalue weighted by molar-refractivity contribution is 14.1. The fourth-order valence-corrected chi connectivity index (χ4v) is 3.96. The van der Waals surface area contributed by atoms with Crippen molar-refractivity contribution in [3.05, 3.63) is 85.2 Å². The van der Waals surface area contributed by atoms with Crippen LogP contribution in [-0.4, -0.2) is 25.8 Å². The molecular weight excluding hydrogens is 583 g/mol. The molecule has 172 valence electrons. The zero-order valence-corrected chi connectivity index (χ0v) is 21.0. The monoisotopic (exact) mass is 601 g/mol. The molecule has 0 aliphatic heterocycles. The number of nitrogens with zero attached hydrogens (tertiary/aromatic N) is 1. The second-order valence-corrected chi connectivity index (χ2v) is 8.72. The van der Waals surface area contributed by atoms with Gasteiger partial charge in [0.05, 0.1) is 23.4 Å². The molecule has 3 rings (SSSR count). The van der Waals surface area contributed by atoms with E-state index in [0.29, 0.717) is 32.8 Å². The van der Waals surface area contributed by atoms with E-state index >= 15 is 0 Å². The molecule has 6 nitrogen and oxygen atoms in total. The van der Waals surface area contributed by atoms with Gasteiger partial charge in [-0.05, 0) is 76.7 Å². The molecule has 3 aromatic carbocycles. The maximum absolute atomic E-state index is 12.9. The van der Waals surface area contributed by atoms with Gasteiger partial charge in [-0.2, -0.15) is 5.10 Å². The summed E-state index contributed by atoms with van der Waals surface area (Å²) in [6.45, 7) is 0.233. The smallest absolute Gasteiger partial charge is 0.259 e. The molecule has 0 aliphatic carbocycles. The molecule has 1 amide bonds. The predicted molar refractivity (Wildman–Crippen MR) is 137 cm³/mol. The van der Waals surface area contributed by atoms with E-state index in [4.69, 9.17) is 32.7 Å². The van der Waals surface area contributed by atoms with Crippen LogP contribution in [0.4, 0.5) is 10.1 Å². The molecule has 33 heavy (non-hydrogen) atoms. The van der Waals surface area contributed by atoms with Gasteiger partial charge in [0.15, 0.2) is 11.5 Å². The number of hydrogen-bond acceptors (Lipinski definition) is 5. The van der Waals surface area contributed by atoms with Crippen molar-refractivity contribution < 1.29 is 18.7 Å². The summed E-state index contributed by atoms with van der Waals surface area (Å²) in [6.07, 6.45) is 1.50. The van der Waals surface area contributed by atoms with Crippen LogP contribution >= 0.6 is 45.8 Å². The highest BCUT2D eigenvalue weighted by atomic mass is 127. The number of hydrogen-bond donors (Lipinski definition) is 2. The van der Waals surface area contributed by atoms with E-state index in [1.807, 2.05) is 6.07 Å². The number of carbonyl (C=O) groups is 1. The quantitative estimate of drug-likeness (QED) is 0.182. The normalized spacial score (nSPS) is 10.8. The third-order valence-electron chi connectivity index (χ3n) is 4.34. The Bertz CT molecular complexity index is 1160. The molecule has 0 spiro atoms. The summed E-state index contributed by atoms with van der Waals surface area (Å²) in [5, 5.41) is 7.93. The zero-order chi connectivity index (χ0) is 23.8. The van der Waals surface area contributed by atoms with Gasteiger partial charge >= 0.3 is 0 Å². The van der Waals surface area contributed by atoms with Crippen LogP contribution in [0, 0.1) is 9.39 Å². The first-order valence-corrected chi connectivity index (χ1v) is 11.4. The summed E-state index contributed by atoms with van der Waals surface area (Å²) in [6, 6.07) is 14.5. The molecule has 0 aromatic heterocycles. The average molecular weight is 602 g/mol. The number of carbonyl (C=O) groups excluding carboxylic acids is 1. The number of methoxy groups -OCH3 is 1. The van der Waals surface area contributed by atoms with Crippen LogP contribution in [0.5, 0.6) is 11.5 Å². The predicted octanol–water partition coefficient (Wildman–Crippen LogP) is 5.89. The SMILES string of the molecule is COc1cc(/C=N\NC(=O)CNc2ccc(F)cc2)cc(I)c1OCc1ccc(Cl)cc1Cl. The van der Waals surface area contributed by atoms with Crippen LogP contribution in [0.25, 0.3) is 0 Å². The molecule has 0 unspecified atom stereocenters. The summed E-state index contributed by atoms with van der Waals surface area (Å²) in [7, 11) is 1.54. The lowest BCUT2D eigenvalue weighted by molar-refractivity contribution is -0.119. The van der Waals surface area contributed by atoms with Gasteiger partial charge in [-0.3, -0.25) is 4.79 Å². The third-order valence-corrected chi connectivity index (χ3v) is 5.73. The van der Waals surface area contributed by atoms with Crippen LogP contribution < -0.4 is 20.2 Å². The summed E-state index contributed by atoms with van der Waals surface area (Å²) in [4.78, 5) is 12.0. The summed E-state index contributed by atoms with van der Waals surface area (Å²) < 4.78 is 25.1. The molecular formula is C23H19Cl2FIN3O3. The maximum Gasteiger partial charge on any atom is 0.259 e. The van der Waals surface area contributed by atoms with E-state index in [0.717, 1.165) is 9.13 Å². The highest BCUT2D eigenvalue weighted by Crippen LogP contribution is 2.34. The van der Waals surface area contributed by atoms with Gasteiger partial charge in [0.1, 0.15) is 12.4 Å². The van der Waals surface area contributed by atoms with Gasteiger partial charge in [-0.25, -0.2) is 9.82 Å². The zero-order valence-electron chi connectivity index (χ0n) is 17.4. The van der Waals surface area contributed by atoms with Crippen molar-refractivity contribution in [2.45, 2.75) is 6.61 Å². The minimum absolute atomic E-state index is 0.0101. The molecule has 0 saturated heterocycles. The van der Waals surface area contributed by atoms with Crippen molar-refractivity contribution in [3.8, 4) is 11.5 Å². The van der Waals surface area contributed by atoms with Crippen molar-refractivity contribution in [2.75, 3.05) is 19.0 Å². The Balaban J connectivity index is 1.59. The van der Waals surface area contributed by atoms with Gasteiger partial charge in [0.25, 0.3) is 5.91 Å². The second-order valence-electron chi connectivity index (χ2n) is 6.71. The second kappa shape index (κ2) is 12.1. The number of hydrazone groups is 1. The highest BCUT2D eigenvalue weighted by Gasteiger charge is 2.13. The Morgan fingerprint density at radius 3 is 2.61 bits per heavy atom. The Hall–Kier alpha value is -2.56. The molecule has 0 heterocycles. The first-order chi connectivity index (χ1) is 15.9. The van der Waals surface area contributed by atoms with E-state index in [1.165, 1.54) is 25.5 Å². The van der Waals surface area contributed by atoms with Crippen LogP contribution in [-0.2, 0) is 11.4 Å². The molecule has 0 radical (unpaired) electrons. The van der Waals surface area contributed by atoms with Gasteiger partial charge in [-0.1, -0.05) is 29.3 Å². The molecule has 10 heteroatoms. The number of anilines is 1. The van der Waals surface area contributed by atoms with Crippen molar-refractivity contribution in [1.29, 1.82) is 0 Å². The van der Waals surface area contributed by atoms with E-state index in [1.54, 1.807) is 36.4 Å². The topological polar surface area (TPSA) is 72.0 Å². The van der Waals surface area contributed by atoms with Crippen molar-refractivity contribution in [1.82, 2.24) is 5.43 Å².